The van der Waals surface area contributed by atoms with Crippen molar-refractivity contribution in [2.24, 2.45) is 5.92 Å². The predicted molar refractivity (Wildman–Crippen MR) is 127 cm³/mol. The predicted octanol–water partition coefficient (Wildman–Crippen LogP) is 5.12. The summed E-state index contributed by atoms with van der Waals surface area (Å²) in [6.07, 6.45) is 4.40. The maximum atomic E-state index is 12.7. The first-order valence-electron chi connectivity index (χ1n) is 11.3. The van der Waals surface area contributed by atoms with Crippen LogP contribution < -0.4 is 5.32 Å². The minimum Gasteiger partial charge on any atom is -0.352 e. The highest BCUT2D eigenvalue weighted by atomic mass is 35.5. The van der Waals surface area contributed by atoms with Crippen molar-refractivity contribution < 1.29 is 4.79 Å². The second-order valence-electron chi connectivity index (χ2n) is 8.80. The van der Waals surface area contributed by atoms with E-state index >= 15 is 0 Å². The Bertz CT molecular complexity index is 873. The van der Waals surface area contributed by atoms with Crippen molar-refractivity contribution in [1.29, 1.82) is 0 Å². The second kappa shape index (κ2) is 10.8. The lowest BCUT2D eigenvalue weighted by Gasteiger charge is -2.31. The summed E-state index contributed by atoms with van der Waals surface area (Å²) in [5.74, 6) is 0.261. The molecule has 1 amide bonds. The van der Waals surface area contributed by atoms with E-state index in [1.807, 2.05) is 12.1 Å². The van der Waals surface area contributed by atoms with Gasteiger partial charge in [0.2, 0.25) is 5.91 Å². The molecule has 2 aromatic carbocycles. The van der Waals surface area contributed by atoms with E-state index in [0.717, 1.165) is 50.1 Å². The third-order valence-electron chi connectivity index (χ3n) is 6.46. The maximum Gasteiger partial charge on any atom is 0.223 e. The molecule has 0 aliphatic carbocycles. The number of likely N-dealkylation sites (tertiary alicyclic amines) is 2. The first-order chi connectivity index (χ1) is 15.1. The van der Waals surface area contributed by atoms with Crippen LogP contribution in [0.3, 0.4) is 0 Å². The van der Waals surface area contributed by atoms with Gasteiger partial charge in [-0.25, -0.2) is 0 Å². The molecule has 2 aromatic rings. The molecule has 0 saturated carbocycles. The Morgan fingerprint density at radius 2 is 1.52 bits per heavy atom. The van der Waals surface area contributed by atoms with Gasteiger partial charge in [-0.05, 0) is 80.7 Å². The average Bonchev–Trinajstić information content (AvgIpc) is 3.28. The highest BCUT2D eigenvalue weighted by Gasteiger charge is 2.25. The van der Waals surface area contributed by atoms with Gasteiger partial charge in [0.1, 0.15) is 0 Å². The van der Waals surface area contributed by atoms with E-state index in [9.17, 15) is 4.79 Å². The molecule has 2 heterocycles. The van der Waals surface area contributed by atoms with Crippen LogP contribution in [0.2, 0.25) is 10.0 Å². The highest BCUT2D eigenvalue weighted by Crippen LogP contribution is 2.25. The fraction of sp³-hybridized carbons (Fsp3) is 0.480. The standard InChI is InChI=1S/C25H31Cl2N3O/c26-23-8-7-22(24(27)15-23)18-30-13-9-21(10-14-30)25(31)28-16-19-3-5-20(6-4-19)17-29-11-1-2-12-29/h3-8,15,21H,1-2,9-14,16-18H2,(H,28,31). The van der Waals surface area contributed by atoms with Crippen molar-refractivity contribution in [1.82, 2.24) is 15.1 Å². The number of hydrogen-bond donors (Lipinski definition) is 1. The van der Waals surface area contributed by atoms with Gasteiger partial charge >= 0.3 is 0 Å². The zero-order chi connectivity index (χ0) is 21.6. The van der Waals surface area contributed by atoms with E-state index in [1.165, 1.54) is 31.5 Å². The van der Waals surface area contributed by atoms with E-state index in [4.69, 9.17) is 23.2 Å². The molecule has 4 rings (SSSR count). The minimum absolute atomic E-state index is 0.0892. The summed E-state index contributed by atoms with van der Waals surface area (Å²) in [6, 6.07) is 14.3. The summed E-state index contributed by atoms with van der Waals surface area (Å²) in [4.78, 5) is 17.5. The van der Waals surface area contributed by atoms with Crippen LogP contribution >= 0.6 is 23.2 Å². The normalized spacial score (nSPS) is 18.4. The number of hydrogen-bond acceptors (Lipinski definition) is 3. The molecule has 1 N–H and O–H groups in total. The van der Waals surface area contributed by atoms with Crippen LogP contribution in [0.25, 0.3) is 0 Å². The molecular weight excluding hydrogens is 429 g/mol. The fourth-order valence-corrected chi connectivity index (χ4v) is 5.01. The van der Waals surface area contributed by atoms with Crippen molar-refractivity contribution in [3.8, 4) is 0 Å². The molecule has 0 spiro atoms. The molecule has 2 fully saturated rings. The number of nitrogens with one attached hydrogen (secondary N) is 1. The quantitative estimate of drug-likeness (QED) is 0.623. The SMILES string of the molecule is O=C(NCc1ccc(CN2CCCC2)cc1)C1CCN(Cc2ccc(Cl)cc2Cl)CC1. The van der Waals surface area contributed by atoms with Gasteiger partial charge in [-0.15, -0.1) is 0 Å². The van der Waals surface area contributed by atoms with Crippen molar-refractivity contribution in [3.63, 3.8) is 0 Å². The first-order valence-corrected chi connectivity index (χ1v) is 12.1. The Hall–Kier alpha value is -1.59. The Morgan fingerprint density at radius 3 is 2.19 bits per heavy atom. The summed E-state index contributed by atoms with van der Waals surface area (Å²) in [5.41, 5.74) is 3.60. The van der Waals surface area contributed by atoms with Gasteiger partial charge in [-0.1, -0.05) is 53.5 Å². The summed E-state index contributed by atoms with van der Waals surface area (Å²) in [5, 5.41) is 4.50. The van der Waals surface area contributed by atoms with Crippen molar-refractivity contribution in [2.75, 3.05) is 26.2 Å². The number of amides is 1. The van der Waals surface area contributed by atoms with Crippen LogP contribution in [0, 0.1) is 5.92 Å². The number of nitrogens with zero attached hydrogens (tertiary/aromatic N) is 2. The summed E-state index contributed by atoms with van der Waals surface area (Å²) >= 11 is 12.3. The molecule has 31 heavy (non-hydrogen) atoms. The van der Waals surface area contributed by atoms with E-state index in [0.29, 0.717) is 16.6 Å². The zero-order valence-electron chi connectivity index (χ0n) is 18.0. The molecule has 0 unspecified atom stereocenters. The molecule has 0 atom stereocenters. The molecule has 166 valence electrons. The average molecular weight is 460 g/mol. The molecule has 2 saturated heterocycles. The number of carbonyl (C=O) groups is 1. The van der Waals surface area contributed by atoms with Crippen molar-refractivity contribution in [3.05, 3.63) is 69.2 Å². The number of halogens is 2. The molecule has 0 aromatic heterocycles. The Balaban J connectivity index is 1.19. The molecule has 0 radical (unpaired) electrons. The summed E-state index contributed by atoms with van der Waals surface area (Å²) < 4.78 is 0. The van der Waals surface area contributed by atoms with Gasteiger partial charge in [-0.3, -0.25) is 14.6 Å². The molecule has 0 bridgehead atoms. The van der Waals surface area contributed by atoms with Gasteiger partial charge in [-0.2, -0.15) is 0 Å². The van der Waals surface area contributed by atoms with E-state index in [-0.39, 0.29) is 11.8 Å². The third-order valence-corrected chi connectivity index (χ3v) is 7.05. The molecule has 4 nitrogen and oxygen atoms in total. The van der Waals surface area contributed by atoms with Gasteiger partial charge < -0.3 is 5.32 Å². The lowest BCUT2D eigenvalue weighted by molar-refractivity contribution is -0.126. The van der Waals surface area contributed by atoms with Gasteiger partial charge in [0, 0.05) is 35.6 Å². The Labute approximate surface area is 195 Å². The largest absolute Gasteiger partial charge is 0.352 e. The van der Waals surface area contributed by atoms with Gasteiger partial charge in [0.25, 0.3) is 0 Å². The lowest BCUT2D eigenvalue weighted by atomic mass is 9.95. The summed E-state index contributed by atoms with van der Waals surface area (Å²) in [6.45, 7) is 6.67. The minimum atomic E-state index is 0.0892. The van der Waals surface area contributed by atoms with Crippen LogP contribution in [0.15, 0.2) is 42.5 Å². The van der Waals surface area contributed by atoms with Crippen LogP contribution in [0.5, 0.6) is 0 Å². The van der Waals surface area contributed by atoms with Crippen LogP contribution in [-0.4, -0.2) is 41.9 Å². The number of rotatable bonds is 7. The third kappa shape index (κ3) is 6.45. The molecule has 2 aliphatic rings. The molecule has 2 aliphatic heterocycles. The fourth-order valence-electron chi connectivity index (χ4n) is 4.54. The number of benzene rings is 2. The van der Waals surface area contributed by atoms with Crippen LogP contribution in [-0.2, 0) is 24.4 Å². The van der Waals surface area contributed by atoms with Gasteiger partial charge in [0.15, 0.2) is 0 Å². The lowest BCUT2D eigenvalue weighted by Crippen LogP contribution is -2.40. The van der Waals surface area contributed by atoms with E-state index in [2.05, 4.69) is 39.4 Å². The van der Waals surface area contributed by atoms with E-state index < -0.39 is 0 Å². The van der Waals surface area contributed by atoms with Crippen molar-refractivity contribution >= 4 is 29.1 Å². The highest BCUT2D eigenvalue weighted by molar-refractivity contribution is 6.35. The summed E-state index contributed by atoms with van der Waals surface area (Å²) in [7, 11) is 0. The molecular formula is C25H31Cl2N3O. The zero-order valence-corrected chi connectivity index (χ0v) is 19.5. The van der Waals surface area contributed by atoms with Crippen LogP contribution in [0.1, 0.15) is 42.4 Å². The topological polar surface area (TPSA) is 35.6 Å². The maximum absolute atomic E-state index is 12.7. The molecule has 6 heteroatoms. The smallest absolute Gasteiger partial charge is 0.223 e. The first kappa shape index (κ1) is 22.6. The Morgan fingerprint density at radius 1 is 0.871 bits per heavy atom. The van der Waals surface area contributed by atoms with Crippen LogP contribution in [0.4, 0.5) is 0 Å². The second-order valence-corrected chi connectivity index (χ2v) is 9.65. The monoisotopic (exact) mass is 459 g/mol. The number of piperidine rings is 1. The number of carbonyl (C=O) groups excluding carboxylic acids is 1. The Kier molecular flexibility index (Phi) is 7.89. The van der Waals surface area contributed by atoms with Crippen molar-refractivity contribution in [2.45, 2.75) is 45.3 Å². The van der Waals surface area contributed by atoms with Gasteiger partial charge in [0.05, 0.1) is 0 Å². The van der Waals surface area contributed by atoms with E-state index in [1.54, 1.807) is 6.07 Å².